The molecule has 172 valence electrons. The van der Waals surface area contributed by atoms with E-state index in [9.17, 15) is 4.79 Å². The molecule has 4 nitrogen and oxygen atoms in total. The minimum absolute atomic E-state index is 0.0371. The molecule has 1 amide bonds. The maximum absolute atomic E-state index is 13.2. The molecular formula is C28H32N2O2S. The SMILES string of the molecule is CCC(C)(C)[C@H]1CCc2c(sc3c2C(=O)N[C@H](c2cccc(OCc4ccccc4)c2)N3)C1. The van der Waals surface area contributed by atoms with Crippen molar-refractivity contribution in [1.82, 2.24) is 5.32 Å². The average molecular weight is 461 g/mol. The Morgan fingerprint density at radius 3 is 2.70 bits per heavy atom. The van der Waals surface area contributed by atoms with Crippen molar-refractivity contribution in [2.45, 2.75) is 59.2 Å². The number of carbonyl (C=O) groups excluding carboxylic acids is 1. The fraction of sp³-hybridized carbons (Fsp3) is 0.393. The third-order valence-electron chi connectivity index (χ3n) is 7.50. The van der Waals surface area contributed by atoms with Crippen LogP contribution in [0.4, 0.5) is 5.00 Å². The molecule has 5 rings (SSSR count). The fourth-order valence-electron chi connectivity index (χ4n) is 4.95. The molecule has 0 spiro atoms. The van der Waals surface area contributed by atoms with Crippen LogP contribution in [0.1, 0.15) is 71.7 Å². The number of thiophene rings is 1. The second kappa shape index (κ2) is 8.86. The maximum atomic E-state index is 13.2. The predicted octanol–water partition coefficient (Wildman–Crippen LogP) is 6.72. The van der Waals surface area contributed by atoms with Gasteiger partial charge in [-0.3, -0.25) is 4.79 Å². The van der Waals surface area contributed by atoms with E-state index in [-0.39, 0.29) is 12.1 Å². The van der Waals surface area contributed by atoms with Gasteiger partial charge in [-0.05, 0) is 59.4 Å². The molecule has 2 atom stereocenters. The Kier molecular flexibility index (Phi) is 5.92. The number of nitrogens with one attached hydrogen (secondary N) is 2. The van der Waals surface area contributed by atoms with Gasteiger partial charge in [0, 0.05) is 4.88 Å². The van der Waals surface area contributed by atoms with Crippen molar-refractivity contribution in [3.8, 4) is 5.75 Å². The lowest BCUT2D eigenvalue weighted by atomic mass is 9.69. The van der Waals surface area contributed by atoms with Gasteiger partial charge < -0.3 is 15.4 Å². The van der Waals surface area contributed by atoms with E-state index in [0.29, 0.717) is 17.9 Å². The van der Waals surface area contributed by atoms with Crippen LogP contribution < -0.4 is 15.4 Å². The molecule has 0 unspecified atom stereocenters. The first kappa shape index (κ1) is 22.0. The molecule has 2 heterocycles. The Bertz CT molecular complexity index is 1150. The van der Waals surface area contributed by atoms with Crippen molar-refractivity contribution in [3.63, 3.8) is 0 Å². The summed E-state index contributed by atoms with van der Waals surface area (Å²) in [6.07, 6.45) is 4.16. The summed E-state index contributed by atoms with van der Waals surface area (Å²) in [5.74, 6) is 1.51. The summed E-state index contributed by atoms with van der Waals surface area (Å²) in [6.45, 7) is 7.56. The van der Waals surface area contributed by atoms with Gasteiger partial charge in [-0.1, -0.05) is 69.7 Å². The van der Waals surface area contributed by atoms with Crippen LogP contribution in [0, 0.1) is 11.3 Å². The first-order valence-corrected chi connectivity index (χ1v) is 12.7. The van der Waals surface area contributed by atoms with Crippen LogP contribution in [0.25, 0.3) is 0 Å². The van der Waals surface area contributed by atoms with Crippen LogP contribution in [0.5, 0.6) is 5.75 Å². The summed E-state index contributed by atoms with van der Waals surface area (Å²) in [5.41, 5.74) is 4.60. The summed E-state index contributed by atoms with van der Waals surface area (Å²) in [7, 11) is 0. The van der Waals surface area contributed by atoms with E-state index in [1.807, 2.05) is 42.5 Å². The molecule has 33 heavy (non-hydrogen) atoms. The van der Waals surface area contributed by atoms with Gasteiger partial charge in [-0.25, -0.2) is 0 Å². The summed E-state index contributed by atoms with van der Waals surface area (Å²) < 4.78 is 6.00. The zero-order valence-electron chi connectivity index (χ0n) is 19.6. The van der Waals surface area contributed by atoms with Gasteiger partial charge in [0.2, 0.25) is 0 Å². The van der Waals surface area contributed by atoms with Crippen molar-refractivity contribution in [1.29, 1.82) is 0 Å². The van der Waals surface area contributed by atoms with E-state index >= 15 is 0 Å². The fourth-order valence-corrected chi connectivity index (χ4v) is 6.30. The van der Waals surface area contributed by atoms with Crippen LogP contribution in [0.3, 0.4) is 0 Å². The zero-order valence-corrected chi connectivity index (χ0v) is 20.4. The topological polar surface area (TPSA) is 50.4 Å². The second-order valence-electron chi connectivity index (χ2n) is 9.89. The van der Waals surface area contributed by atoms with Crippen LogP contribution in [0.2, 0.25) is 0 Å². The lowest BCUT2D eigenvalue weighted by Crippen LogP contribution is -2.38. The first-order valence-electron chi connectivity index (χ1n) is 11.9. The van der Waals surface area contributed by atoms with Crippen molar-refractivity contribution in [2.24, 2.45) is 11.3 Å². The summed E-state index contributed by atoms with van der Waals surface area (Å²) in [4.78, 5) is 14.5. The molecule has 1 aliphatic carbocycles. The van der Waals surface area contributed by atoms with Crippen LogP contribution in [-0.2, 0) is 19.4 Å². The number of hydrogen-bond acceptors (Lipinski definition) is 4. The van der Waals surface area contributed by atoms with Gasteiger partial charge in [-0.2, -0.15) is 0 Å². The average Bonchev–Trinajstić information content (AvgIpc) is 3.22. The van der Waals surface area contributed by atoms with Crippen molar-refractivity contribution in [2.75, 3.05) is 5.32 Å². The first-order chi connectivity index (χ1) is 15.9. The van der Waals surface area contributed by atoms with E-state index in [0.717, 1.165) is 46.7 Å². The van der Waals surface area contributed by atoms with Crippen LogP contribution >= 0.6 is 11.3 Å². The summed E-state index contributed by atoms with van der Waals surface area (Å²) >= 11 is 1.78. The molecule has 1 aliphatic heterocycles. The lowest BCUT2D eigenvalue weighted by Gasteiger charge is -2.36. The van der Waals surface area contributed by atoms with Crippen LogP contribution in [0.15, 0.2) is 54.6 Å². The summed E-state index contributed by atoms with van der Waals surface area (Å²) in [5, 5.41) is 7.79. The van der Waals surface area contributed by atoms with Crippen molar-refractivity contribution in [3.05, 3.63) is 81.7 Å². The second-order valence-corrected chi connectivity index (χ2v) is 11.0. The number of hydrogen-bond donors (Lipinski definition) is 2. The third-order valence-corrected chi connectivity index (χ3v) is 8.68. The van der Waals surface area contributed by atoms with Gasteiger partial charge in [0.1, 0.15) is 23.5 Å². The molecular weight excluding hydrogens is 428 g/mol. The molecule has 0 radical (unpaired) electrons. The molecule has 5 heteroatoms. The largest absolute Gasteiger partial charge is 0.489 e. The van der Waals surface area contributed by atoms with Crippen molar-refractivity contribution < 1.29 is 9.53 Å². The number of carbonyl (C=O) groups is 1. The number of amides is 1. The van der Waals surface area contributed by atoms with Crippen molar-refractivity contribution >= 4 is 22.2 Å². The molecule has 2 aromatic carbocycles. The van der Waals surface area contributed by atoms with Gasteiger partial charge in [0.05, 0.1) is 5.56 Å². The molecule has 0 fully saturated rings. The predicted molar refractivity (Wildman–Crippen MR) is 135 cm³/mol. The quantitative estimate of drug-likeness (QED) is 0.429. The molecule has 0 bridgehead atoms. The Morgan fingerprint density at radius 1 is 1.09 bits per heavy atom. The highest BCUT2D eigenvalue weighted by atomic mass is 32.1. The van der Waals surface area contributed by atoms with E-state index in [1.54, 1.807) is 11.3 Å². The molecule has 1 aromatic heterocycles. The number of rotatable bonds is 6. The Morgan fingerprint density at radius 2 is 1.91 bits per heavy atom. The summed E-state index contributed by atoms with van der Waals surface area (Å²) in [6, 6.07) is 18.1. The Balaban J connectivity index is 1.33. The van der Waals surface area contributed by atoms with E-state index in [4.69, 9.17) is 4.74 Å². The van der Waals surface area contributed by atoms with E-state index in [1.165, 1.54) is 16.9 Å². The number of ether oxygens (including phenoxy) is 1. The highest BCUT2D eigenvalue weighted by Crippen LogP contribution is 2.47. The highest BCUT2D eigenvalue weighted by Gasteiger charge is 2.37. The van der Waals surface area contributed by atoms with Gasteiger partial charge in [0.25, 0.3) is 5.91 Å². The number of fused-ring (bicyclic) bond motifs is 3. The van der Waals surface area contributed by atoms with E-state index in [2.05, 4.69) is 43.5 Å². The molecule has 0 saturated carbocycles. The van der Waals surface area contributed by atoms with Gasteiger partial charge in [-0.15, -0.1) is 11.3 Å². The Hall–Kier alpha value is -2.79. The zero-order chi connectivity index (χ0) is 23.0. The van der Waals surface area contributed by atoms with Crippen LogP contribution in [-0.4, -0.2) is 5.91 Å². The maximum Gasteiger partial charge on any atom is 0.256 e. The molecule has 3 aromatic rings. The number of benzene rings is 2. The van der Waals surface area contributed by atoms with E-state index < -0.39 is 0 Å². The lowest BCUT2D eigenvalue weighted by molar-refractivity contribution is 0.0934. The standard InChI is InChI=1S/C28H32N2O2S/c1-4-28(2,3)20-13-14-22-23(16-20)33-27-24(22)26(31)29-25(30-27)19-11-8-12-21(15-19)32-17-18-9-6-5-7-10-18/h5-12,15,20,25,30H,4,13-14,16-17H2,1-3H3,(H,29,31)/t20-,25-/m0/s1. The minimum Gasteiger partial charge on any atom is -0.489 e. The normalized spacial score (nSPS) is 19.8. The van der Waals surface area contributed by atoms with Gasteiger partial charge >= 0.3 is 0 Å². The monoisotopic (exact) mass is 460 g/mol. The molecule has 2 aliphatic rings. The van der Waals surface area contributed by atoms with Gasteiger partial charge in [0.15, 0.2) is 0 Å². The molecule has 2 N–H and O–H groups in total. The molecule has 0 saturated heterocycles. The Labute approximate surface area is 200 Å². The smallest absolute Gasteiger partial charge is 0.256 e. The highest BCUT2D eigenvalue weighted by molar-refractivity contribution is 7.16. The number of anilines is 1. The minimum atomic E-state index is -0.256. The third kappa shape index (κ3) is 4.39.